The Morgan fingerprint density at radius 1 is 1.39 bits per heavy atom. The molecule has 1 N–H and O–H groups in total. The van der Waals surface area contributed by atoms with E-state index in [-0.39, 0.29) is 12.4 Å². The third-order valence-corrected chi connectivity index (χ3v) is 4.94. The van der Waals surface area contributed by atoms with Gasteiger partial charge in [0.15, 0.2) is 0 Å². The first kappa shape index (κ1) is 14.3. The Balaban J connectivity index is 0.00000120. The second-order valence-corrected chi connectivity index (χ2v) is 6.19. The molecule has 0 amide bonds. The highest BCUT2D eigenvalue weighted by Gasteiger charge is 2.29. The van der Waals surface area contributed by atoms with Gasteiger partial charge in [-0.3, -0.25) is 4.90 Å². The van der Waals surface area contributed by atoms with Crippen LogP contribution in [0.2, 0.25) is 0 Å². The lowest BCUT2D eigenvalue weighted by atomic mass is 10.1. The highest BCUT2D eigenvalue weighted by Crippen LogP contribution is 2.22. The van der Waals surface area contributed by atoms with E-state index in [0.717, 1.165) is 25.0 Å². The highest BCUT2D eigenvalue weighted by molar-refractivity contribution is 7.09. The van der Waals surface area contributed by atoms with Crippen LogP contribution in [0.4, 0.5) is 0 Å². The number of fused-ring (bicyclic) bond motifs is 2. The van der Waals surface area contributed by atoms with E-state index in [1.54, 1.807) is 11.3 Å². The van der Waals surface area contributed by atoms with Crippen LogP contribution in [0, 0.1) is 0 Å². The van der Waals surface area contributed by atoms with Gasteiger partial charge in [-0.15, -0.1) is 23.7 Å². The average molecular weight is 288 g/mol. The Bertz CT molecular complexity index is 382. The van der Waals surface area contributed by atoms with Crippen molar-refractivity contribution in [3.8, 4) is 0 Å². The quantitative estimate of drug-likeness (QED) is 0.926. The van der Waals surface area contributed by atoms with Crippen molar-refractivity contribution < 1.29 is 0 Å². The molecule has 0 aliphatic carbocycles. The Hall–Kier alpha value is -0.160. The van der Waals surface area contributed by atoms with Crippen LogP contribution in [0.25, 0.3) is 0 Å². The summed E-state index contributed by atoms with van der Waals surface area (Å²) in [6.07, 6.45) is 5.12. The average Bonchev–Trinajstić information content (AvgIpc) is 2.89. The van der Waals surface area contributed by atoms with Crippen LogP contribution in [-0.2, 0) is 13.0 Å². The van der Waals surface area contributed by atoms with Crippen molar-refractivity contribution in [2.24, 2.45) is 0 Å². The smallest absolute Gasteiger partial charge is 0.0926 e. The van der Waals surface area contributed by atoms with Crippen molar-refractivity contribution in [1.29, 1.82) is 0 Å². The van der Waals surface area contributed by atoms with Crippen molar-refractivity contribution in [3.05, 3.63) is 16.1 Å². The Labute approximate surface area is 119 Å². The predicted octanol–water partition coefficient (Wildman–Crippen LogP) is 2.45. The summed E-state index contributed by atoms with van der Waals surface area (Å²) in [5.74, 6) is 0. The fourth-order valence-electron chi connectivity index (χ4n) is 2.97. The molecule has 3 rings (SSSR count). The standard InChI is InChI=1S/C13H21N3S.ClH/c1-2-13-15-12(9-17-13)8-16-6-5-10-3-4-11(7-16)14-10;/h9-11,14H,2-8H2,1H3;1H. The van der Waals surface area contributed by atoms with E-state index < -0.39 is 0 Å². The molecule has 2 bridgehead atoms. The van der Waals surface area contributed by atoms with Gasteiger partial charge in [-0.05, 0) is 25.7 Å². The molecule has 0 spiro atoms. The first-order valence-corrected chi connectivity index (χ1v) is 7.63. The third-order valence-electron chi connectivity index (χ3n) is 3.89. The van der Waals surface area contributed by atoms with Crippen LogP contribution >= 0.6 is 23.7 Å². The number of halogens is 1. The van der Waals surface area contributed by atoms with E-state index in [1.807, 2.05) is 0 Å². The number of nitrogens with zero attached hydrogens (tertiary/aromatic N) is 2. The van der Waals surface area contributed by atoms with Crippen LogP contribution in [-0.4, -0.2) is 35.1 Å². The van der Waals surface area contributed by atoms with Gasteiger partial charge in [-0.25, -0.2) is 4.98 Å². The number of thiazole rings is 1. The van der Waals surface area contributed by atoms with Crippen LogP contribution in [0.1, 0.15) is 36.9 Å². The van der Waals surface area contributed by atoms with E-state index in [1.165, 1.54) is 43.1 Å². The molecule has 0 saturated carbocycles. The van der Waals surface area contributed by atoms with E-state index in [0.29, 0.717) is 0 Å². The number of aromatic nitrogens is 1. The minimum atomic E-state index is 0. The number of hydrogen-bond donors (Lipinski definition) is 1. The summed E-state index contributed by atoms with van der Waals surface area (Å²) in [6, 6.07) is 1.51. The number of rotatable bonds is 3. The molecule has 0 radical (unpaired) electrons. The van der Waals surface area contributed by atoms with Gasteiger partial charge in [-0.1, -0.05) is 6.92 Å². The summed E-state index contributed by atoms with van der Waals surface area (Å²) >= 11 is 1.81. The Morgan fingerprint density at radius 2 is 2.22 bits per heavy atom. The fourth-order valence-corrected chi connectivity index (χ4v) is 3.71. The summed E-state index contributed by atoms with van der Waals surface area (Å²) in [5, 5.41) is 7.23. The maximum atomic E-state index is 4.67. The topological polar surface area (TPSA) is 28.2 Å². The van der Waals surface area contributed by atoms with Gasteiger partial charge in [0.05, 0.1) is 10.7 Å². The summed E-state index contributed by atoms with van der Waals surface area (Å²) in [6.45, 7) is 5.65. The van der Waals surface area contributed by atoms with Crippen LogP contribution in [0.3, 0.4) is 0 Å². The molecular weight excluding hydrogens is 266 g/mol. The van der Waals surface area contributed by atoms with Crippen molar-refractivity contribution >= 4 is 23.7 Å². The molecular formula is C13H22ClN3S. The number of nitrogens with one attached hydrogen (secondary N) is 1. The molecule has 102 valence electrons. The molecule has 5 heteroatoms. The SMILES string of the molecule is CCc1nc(CN2CCC3CCC(C2)N3)cs1.Cl. The lowest BCUT2D eigenvalue weighted by Gasteiger charge is -2.22. The maximum Gasteiger partial charge on any atom is 0.0926 e. The molecule has 18 heavy (non-hydrogen) atoms. The fraction of sp³-hybridized carbons (Fsp3) is 0.769. The molecule has 0 aromatic carbocycles. The normalized spacial score (nSPS) is 27.8. The summed E-state index contributed by atoms with van der Waals surface area (Å²) < 4.78 is 0. The van der Waals surface area contributed by atoms with Gasteiger partial charge in [0.25, 0.3) is 0 Å². The van der Waals surface area contributed by atoms with Gasteiger partial charge in [-0.2, -0.15) is 0 Å². The molecule has 3 heterocycles. The summed E-state index contributed by atoms with van der Waals surface area (Å²) in [4.78, 5) is 7.25. The molecule has 2 atom stereocenters. The summed E-state index contributed by atoms with van der Waals surface area (Å²) in [7, 11) is 0. The van der Waals surface area contributed by atoms with Crippen molar-refractivity contribution in [3.63, 3.8) is 0 Å². The van der Waals surface area contributed by atoms with Crippen LogP contribution < -0.4 is 5.32 Å². The first-order chi connectivity index (χ1) is 8.33. The molecule has 2 aliphatic rings. The van der Waals surface area contributed by atoms with Crippen molar-refractivity contribution in [1.82, 2.24) is 15.2 Å². The molecule has 2 saturated heterocycles. The minimum Gasteiger partial charge on any atom is -0.310 e. The largest absolute Gasteiger partial charge is 0.310 e. The number of hydrogen-bond acceptors (Lipinski definition) is 4. The van der Waals surface area contributed by atoms with E-state index >= 15 is 0 Å². The lowest BCUT2D eigenvalue weighted by Crippen LogP contribution is -2.35. The molecule has 2 fully saturated rings. The van der Waals surface area contributed by atoms with E-state index in [4.69, 9.17) is 0 Å². The zero-order chi connectivity index (χ0) is 11.7. The molecule has 1 aromatic heterocycles. The maximum absolute atomic E-state index is 4.67. The minimum absolute atomic E-state index is 0. The van der Waals surface area contributed by atoms with Crippen molar-refractivity contribution in [2.75, 3.05) is 13.1 Å². The molecule has 3 nitrogen and oxygen atoms in total. The van der Waals surface area contributed by atoms with Gasteiger partial charge in [0.1, 0.15) is 0 Å². The zero-order valence-corrected chi connectivity index (χ0v) is 12.5. The predicted molar refractivity (Wildman–Crippen MR) is 78.6 cm³/mol. The second kappa shape index (κ2) is 6.33. The highest BCUT2D eigenvalue weighted by atomic mass is 35.5. The van der Waals surface area contributed by atoms with Crippen molar-refractivity contribution in [2.45, 2.75) is 51.2 Å². The lowest BCUT2D eigenvalue weighted by molar-refractivity contribution is 0.248. The van der Waals surface area contributed by atoms with E-state index in [9.17, 15) is 0 Å². The Morgan fingerprint density at radius 3 is 3.00 bits per heavy atom. The van der Waals surface area contributed by atoms with Gasteiger partial charge in [0.2, 0.25) is 0 Å². The molecule has 2 aliphatic heterocycles. The number of likely N-dealkylation sites (tertiary alicyclic amines) is 1. The van der Waals surface area contributed by atoms with Gasteiger partial charge >= 0.3 is 0 Å². The first-order valence-electron chi connectivity index (χ1n) is 6.75. The molecule has 2 unspecified atom stereocenters. The molecule has 1 aromatic rings. The Kier molecular flexibility index (Phi) is 5.01. The van der Waals surface area contributed by atoms with Crippen LogP contribution in [0.5, 0.6) is 0 Å². The summed E-state index contributed by atoms with van der Waals surface area (Å²) in [5.41, 5.74) is 1.27. The number of aryl methyl sites for hydroxylation is 1. The van der Waals surface area contributed by atoms with Gasteiger partial charge < -0.3 is 5.32 Å². The monoisotopic (exact) mass is 287 g/mol. The third kappa shape index (κ3) is 3.23. The zero-order valence-electron chi connectivity index (χ0n) is 10.9. The van der Waals surface area contributed by atoms with E-state index in [2.05, 4.69) is 27.5 Å². The van der Waals surface area contributed by atoms with Crippen LogP contribution in [0.15, 0.2) is 5.38 Å². The van der Waals surface area contributed by atoms with Gasteiger partial charge in [0, 0.05) is 37.1 Å². The second-order valence-electron chi connectivity index (χ2n) is 5.25.